The standard InChI is InChI=1S/C28H48N2/c1-4-5-6-7-8-9-10-11-12-13-14-15-16-17-18-22-25-29-26-30-28(2,3)27-23-20-19-21-24-27/h19-21,23-24H,4-18,22,25H2,1-3H3. The van der Waals surface area contributed by atoms with Crippen molar-refractivity contribution in [3.8, 4) is 0 Å². The molecule has 0 heterocycles. The summed E-state index contributed by atoms with van der Waals surface area (Å²) in [5, 5.41) is 0. The summed E-state index contributed by atoms with van der Waals surface area (Å²) in [6.07, 6.45) is 22.4. The molecule has 30 heavy (non-hydrogen) atoms. The molecule has 0 aliphatic heterocycles. The normalized spacial score (nSPS) is 11.3. The minimum atomic E-state index is -0.251. The summed E-state index contributed by atoms with van der Waals surface area (Å²) in [6.45, 7) is 7.37. The van der Waals surface area contributed by atoms with E-state index in [0.29, 0.717) is 0 Å². The van der Waals surface area contributed by atoms with Gasteiger partial charge in [-0.25, -0.2) is 9.98 Å². The Labute approximate surface area is 187 Å². The molecule has 1 aromatic rings. The van der Waals surface area contributed by atoms with Crippen LogP contribution in [-0.4, -0.2) is 12.6 Å². The summed E-state index contributed by atoms with van der Waals surface area (Å²) in [4.78, 5) is 8.89. The lowest BCUT2D eigenvalue weighted by molar-refractivity contribution is 0.530. The van der Waals surface area contributed by atoms with Crippen LogP contribution >= 0.6 is 0 Å². The zero-order valence-electron chi connectivity index (χ0n) is 20.3. The average molecular weight is 413 g/mol. The van der Waals surface area contributed by atoms with Crippen LogP contribution in [-0.2, 0) is 5.54 Å². The van der Waals surface area contributed by atoms with Gasteiger partial charge in [0.2, 0.25) is 0 Å². The van der Waals surface area contributed by atoms with E-state index >= 15 is 0 Å². The van der Waals surface area contributed by atoms with Gasteiger partial charge >= 0.3 is 0 Å². The molecule has 1 rings (SSSR count). The third-order valence-corrected chi connectivity index (χ3v) is 6.00. The van der Waals surface area contributed by atoms with Crippen LogP contribution < -0.4 is 0 Å². The maximum absolute atomic E-state index is 4.52. The Morgan fingerprint density at radius 1 is 0.633 bits per heavy atom. The van der Waals surface area contributed by atoms with Crippen molar-refractivity contribution in [1.82, 2.24) is 0 Å². The molecule has 0 fully saturated rings. The maximum atomic E-state index is 4.52. The van der Waals surface area contributed by atoms with Gasteiger partial charge < -0.3 is 0 Å². The second-order valence-corrected chi connectivity index (χ2v) is 9.32. The first-order valence-corrected chi connectivity index (χ1v) is 12.9. The first kappa shape index (κ1) is 26.6. The van der Waals surface area contributed by atoms with Crippen molar-refractivity contribution in [3.05, 3.63) is 35.9 Å². The molecule has 0 aromatic heterocycles. The molecule has 170 valence electrons. The number of nitrogens with zero attached hydrogens (tertiary/aromatic N) is 2. The van der Waals surface area contributed by atoms with Crippen molar-refractivity contribution in [1.29, 1.82) is 0 Å². The molecule has 0 unspecified atom stereocenters. The first-order chi connectivity index (χ1) is 14.7. The Kier molecular flexibility index (Phi) is 16.3. The highest BCUT2D eigenvalue weighted by molar-refractivity contribution is 5.43. The predicted octanol–water partition coefficient (Wildman–Crippen LogP) is 9.36. The molecule has 0 bridgehead atoms. The molecule has 0 spiro atoms. The van der Waals surface area contributed by atoms with E-state index in [1.54, 1.807) is 0 Å². The third kappa shape index (κ3) is 14.6. The van der Waals surface area contributed by atoms with Gasteiger partial charge in [-0.05, 0) is 25.8 Å². The van der Waals surface area contributed by atoms with Crippen LogP contribution in [0.25, 0.3) is 0 Å². The average Bonchev–Trinajstić information content (AvgIpc) is 2.76. The number of hydrogen-bond donors (Lipinski definition) is 0. The topological polar surface area (TPSA) is 24.7 Å². The quantitative estimate of drug-likeness (QED) is 0.160. The SMILES string of the molecule is CCCCCCCCCCCCCCCCCCN=C=NC(C)(C)c1ccccc1. The second kappa shape index (κ2) is 18.4. The molecule has 0 amide bonds. The Bertz CT molecular complexity index is 555. The van der Waals surface area contributed by atoms with E-state index in [1.807, 2.05) is 6.07 Å². The molecule has 2 heteroatoms. The highest BCUT2D eigenvalue weighted by Crippen LogP contribution is 2.23. The van der Waals surface area contributed by atoms with E-state index in [2.05, 4.69) is 61.0 Å². The predicted molar refractivity (Wildman–Crippen MR) is 134 cm³/mol. The Morgan fingerprint density at radius 3 is 1.53 bits per heavy atom. The highest BCUT2D eigenvalue weighted by atomic mass is 14.9. The molecule has 0 N–H and O–H groups in total. The summed E-state index contributed by atoms with van der Waals surface area (Å²) in [5.41, 5.74) is 0.953. The van der Waals surface area contributed by atoms with E-state index in [1.165, 1.54) is 102 Å². The zero-order chi connectivity index (χ0) is 21.8. The molecule has 0 saturated carbocycles. The Balaban J connectivity index is 1.88. The summed E-state index contributed by atoms with van der Waals surface area (Å²) in [5.74, 6) is 0. The summed E-state index contributed by atoms with van der Waals surface area (Å²) >= 11 is 0. The summed E-state index contributed by atoms with van der Waals surface area (Å²) in [6, 6.07) is 13.3. The van der Waals surface area contributed by atoms with Crippen molar-refractivity contribution in [2.75, 3.05) is 6.54 Å². The molecule has 0 aliphatic carbocycles. The van der Waals surface area contributed by atoms with Crippen LogP contribution in [0.15, 0.2) is 40.3 Å². The van der Waals surface area contributed by atoms with Crippen molar-refractivity contribution < 1.29 is 0 Å². The first-order valence-electron chi connectivity index (χ1n) is 12.9. The van der Waals surface area contributed by atoms with Gasteiger partial charge in [-0.3, -0.25) is 0 Å². The van der Waals surface area contributed by atoms with Gasteiger partial charge in [-0.15, -0.1) is 0 Å². The monoisotopic (exact) mass is 412 g/mol. The number of aliphatic imine (C=N–C) groups is 2. The van der Waals surface area contributed by atoms with Crippen LogP contribution in [0.3, 0.4) is 0 Å². The fraction of sp³-hybridized carbons (Fsp3) is 0.750. The van der Waals surface area contributed by atoms with E-state index in [-0.39, 0.29) is 5.54 Å². The van der Waals surface area contributed by atoms with Crippen LogP contribution in [0.5, 0.6) is 0 Å². The zero-order valence-corrected chi connectivity index (χ0v) is 20.3. The van der Waals surface area contributed by atoms with Gasteiger partial charge in [0, 0.05) is 6.54 Å². The van der Waals surface area contributed by atoms with E-state index in [4.69, 9.17) is 0 Å². The van der Waals surface area contributed by atoms with Gasteiger partial charge in [0.25, 0.3) is 0 Å². The molecular weight excluding hydrogens is 364 g/mol. The van der Waals surface area contributed by atoms with E-state index in [0.717, 1.165) is 13.0 Å². The highest BCUT2D eigenvalue weighted by Gasteiger charge is 2.17. The molecular formula is C28H48N2. The molecule has 1 aromatic carbocycles. The van der Waals surface area contributed by atoms with Crippen LogP contribution in [0.2, 0.25) is 0 Å². The second-order valence-electron chi connectivity index (χ2n) is 9.32. The minimum absolute atomic E-state index is 0.251. The summed E-state index contributed by atoms with van der Waals surface area (Å²) < 4.78 is 0. The van der Waals surface area contributed by atoms with E-state index in [9.17, 15) is 0 Å². The van der Waals surface area contributed by atoms with Crippen LogP contribution in [0, 0.1) is 0 Å². The van der Waals surface area contributed by atoms with E-state index < -0.39 is 0 Å². The molecule has 2 nitrogen and oxygen atoms in total. The van der Waals surface area contributed by atoms with Crippen molar-refractivity contribution in [3.63, 3.8) is 0 Å². The van der Waals surface area contributed by atoms with Gasteiger partial charge in [0.05, 0.1) is 11.5 Å². The largest absolute Gasteiger partial charge is 0.226 e. The minimum Gasteiger partial charge on any atom is -0.226 e. The van der Waals surface area contributed by atoms with Crippen molar-refractivity contribution >= 4 is 6.01 Å². The lowest BCUT2D eigenvalue weighted by Gasteiger charge is -2.17. The number of benzene rings is 1. The molecule has 0 saturated heterocycles. The lowest BCUT2D eigenvalue weighted by atomic mass is 9.95. The number of unbranched alkanes of at least 4 members (excludes halogenated alkanes) is 15. The molecule has 0 aliphatic rings. The Morgan fingerprint density at radius 2 is 1.07 bits per heavy atom. The lowest BCUT2D eigenvalue weighted by Crippen LogP contribution is -2.12. The molecule has 0 atom stereocenters. The number of rotatable bonds is 19. The van der Waals surface area contributed by atoms with Gasteiger partial charge in [0.15, 0.2) is 0 Å². The van der Waals surface area contributed by atoms with Gasteiger partial charge in [0.1, 0.15) is 0 Å². The van der Waals surface area contributed by atoms with Crippen molar-refractivity contribution in [2.45, 2.75) is 129 Å². The maximum Gasteiger partial charge on any atom is 0.0910 e. The smallest absolute Gasteiger partial charge is 0.0910 e. The third-order valence-electron chi connectivity index (χ3n) is 6.00. The van der Waals surface area contributed by atoms with Crippen molar-refractivity contribution in [2.24, 2.45) is 9.98 Å². The van der Waals surface area contributed by atoms with Crippen LogP contribution in [0.1, 0.15) is 129 Å². The number of hydrogen-bond acceptors (Lipinski definition) is 2. The Hall–Kier alpha value is -1.40. The fourth-order valence-corrected chi connectivity index (χ4v) is 3.86. The summed E-state index contributed by atoms with van der Waals surface area (Å²) in [7, 11) is 0. The van der Waals surface area contributed by atoms with Crippen LogP contribution in [0.4, 0.5) is 0 Å². The fourth-order valence-electron chi connectivity index (χ4n) is 3.86. The van der Waals surface area contributed by atoms with Gasteiger partial charge in [-0.1, -0.05) is 134 Å². The molecule has 0 radical (unpaired) electrons. The van der Waals surface area contributed by atoms with Gasteiger partial charge in [-0.2, -0.15) is 0 Å².